The van der Waals surface area contributed by atoms with Crippen LogP contribution in [-0.2, 0) is 15.1 Å². The summed E-state index contributed by atoms with van der Waals surface area (Å²) in [4.78, 5) is 15.1. The van der Waals surface area contributed by atoms with E-state index in [2.05, 4.69) is 18.7 Å². The Morgan fingerprint density at radius 1 is 1.00 bits per heavy atom. The Hall–Kier alpha value is -2.17. The fourth-order valence-electron chi connectivity index (χ4n) is 2.96. The van der Waals surface area contributed by atoms with E-state index in [1.807, 2.05) is 44.2 Å². The number of aliphatic hydroxyl groups is 1. The van der Waals surface area contributed by atoms with Crippen LogP contribution in [0.25, 0.3) is 0 Å². The summed E-state index contributed by atoms with van der Waals surface area (Å²) in [6.45, 7) is 10.8. The molecule has 0 bridgehead atoms. The second-order valence-electron chi connectivity index (χ2n) is 6.54. The molecule has 1 atom stereocenters. The van der Waals surface area contributed by atoms with Crippen LogP contribution in [0.15, 0.2) is 48.5 Å². The number of aryl methyl sites for hydroxylation is 2. The average Bonchev–Trinajstić information content (AvgIpc) is 2.67. The quantitative estimate of drug-likeness (QED) is 0.737. The summed E-state index contributed by atoms with van der Waals surface area (Å²) in [5.74, 6) is -0.640. The molecule has 2 rings (SSSR count). The molecule has 0 fully saturated rings. The van der Waals surface area contributed by atoms with Crippen molar-refractivity contribution in [2.24, 2.45) is 0 Å². The van der Waals surface area contributed by atoms with Gasteiger partial charge in [0.25, 0.3) is 0 Å². The highest BCUT2D eigenvalue weighted by atomic mass is 16.5. The van der Waals surface area contributed by atoms with Gasteiger partial charge in [0.15, 0.2) is 0 Å². The van der Waals surface area contributed by atoms with E-state index in [1.54, 1.807) is 18.2 Å². The fourth-order valence-corrected chi connectivity index (χ4v) is 2.96. The van der Waals surface area contributed by atoms with Gasteiger partial charge < -0.3 is 14.7 Å². The van der Waals surface area contributed by atoms with Gasteiger partial charge in [0, 0.05) is 6.54 Å². The van der Waals surface area contributed by atoms with E-state index in [1.165, 1.54) is 0 Å². The predicted molar refractivity (Wildman–Crippen MR) is 104 cm³/mol. The van der Waals surface area contributed by atoms with E-state index in [-0.39, 0.29) is 6.61 Å². The van der Waals surface area contributed by atoms with Gasteiger partial charge in [-0.2, -0.15) is 0 Å². The van der Waals surface area contributed by atoms with Crippen LogP contribution in [0, 0.1) is 13.8 Å². The molecule has 140 valence electrons. The monoisotopic (exact) mass is 355 g/mol. The summed E-state index contributed by atoms with van der Waals surface area (Å²) in [5, 5.41) is 11.4. The van der Waals surface area contributed by atoms with E-state index < -0.39 is 11.6 Å². The number of hydrogen-bond donors (Lipinski definition) is 1. The van der Waals surface area contributed by atoms with Crippen LogP contribution in [0.4, 0.5) is 0 Å². The Morgan fingerprint density at radius 3 is 2.23 bits per heavy atom. The number of carbonyl (C=O) groups is 1. The Morgan fingerprint density at radius 2 is 1.65 bits per heavy atom. The second-order valence-corrected chi connectivity index (χ2v) is 6.54. The predicted octanol–water partition coefficient (Wildman–Crippen LogP) is 3.42. The maximum Gasteiger partial charge on any atom is 0.347 e. The van der Waals surface area contributed by atoms with Crippen molar-refractivity contribution in [1.29, 1.82) is 0 Å². The first-order valence-corrected chi connectivity index (χ1v) is 9.18. The SMILES string of the molecule is CCN(CC)CCOC(=O)[C@@](O)(c1ccccc1)c1ccc(C)c(C)c1. The van der Waals surface area contributed by atoms with Gasteiger partial charge in [-0.3, -0.25) is 0 Å². The summed E-state index contributed by atoms with van der Waals surface area (Å²) in [6, 6.07) is 14.5. The molecule has 26 heavy (non-hydrogen) atoms. The summed E-state index contributed by atoms with van der Waals surface area (Å²) in [5.41, 5.74) is 1.35. The van der Waals surface area contributed by atoms with Crippen LogP contribution in [0.5, 0.6) is 0 Å². The highest BCUT2D eigenvalue weighted by Gasteiger charge is 2.41. The van der Waals surface area contributed by atoms with E-state index in [0.29, 0.717) is 17.7 Å². The first-order chi connectivity index (χ1) is 12.4. The lowest BCUT2D eigenvalue weighted by atomic mass is 9.85. The van der Waals surface area contributed by atoms with E-state index >= 15 is 0 Å². The molecule has 0 saturated carbocycles. The number of esters is 1. The minimum Gasteiger partial charge on any atom is -0.462 e. The van der Waals surface area contributed by atoms with E-state index in [0.717, 1.165) is 24.2 Å². The molecule has 0 spiro atoms. The number of rotatable bonds is 8. The second kappa shape index (κ2) is 8.97. The molecular weight excluding hydrogens is 326 g/mol. The molecular formula is C22H29NO3. The lowest BCUT2D eigenvalue weighted by Gasteiger charge is -2.28. The largest absolute Gasteiger partial charge is 0.462 e. The van der Waals surface area contributed by atoms with Crippen molar-refractivity contribution >= 4 is 5.97 Å². The third-order valence-electron chi connectivity index (χ3n) is 4.95. The number of hydrogen-bond acceptors (Lipinski definition) is 4. The van der Waals surface area contributed by atoms with Gasteiger partial charge >= 0.3 is 5.97 Å². The molecule has 0 heterocycles. The average molecular weight is 355 g/mol. The Balaban J connectivity index is 2.32. The zero-order valence-corrected chi connectivity index (χ0v) is 16.2. The van der Waals surface area contributed by atoms with Crippen molar-refractivity contribution in [3.8, 4) is 0 Å². The topological polar surface area (TPSA) is 49.8 Å². The van der Waals surface area contributed by atoms with Gasteiger partial charge in [0.05, 0.1) is 0 Å². The number of benzene rings is 2. The lowest BCUT2D eigenvalue weighted by Crippen LogP contribution is -2.40. The van der Waals surface area contributed by atoms with Crippen LogP contribution in [0.3, 0.4) is 0 Å². The molecule has 0 unspecified atom stereocenters. The molecule has 1 N–H and O–H groups in total. The van der Waals surface area contributed by atoms with Crippen molar-refractivity contribution in [2.75, 3.05) is 26.2 Å². The van der Waals surface area contributed by atoms with Crippen molar-refractivity contribution in [3.05, 3.63) is 70.8 Å². The standard InChI is InChI=1S/C22H29NO3/c1-5-23(6-2)14-15-26-21(24)22(25,19-10-8-7-9-11-19)20-13-12-17(3)18(4)16-20/h7-13,16,25H,5-6,14-15H2,1-4H3/t22-/m1/s1. The molecule has 0 aromatic heterocycles. The molecule has 0 radical (unpaired) electrons. The van der Waals surface area contributed by atoms with Crippen LogP contribution >= 0.6 is 0 Å². The van der Waals surface area contributed by atoms with Crippen LogP contribution < -0.4 is 0 Å². The Labute approximate surface area is 156 Å². The third kappa shape index (κ3) is 4.32. The van der Waals surface area contributed by atoms with Crippen molar-refractivity contribution < 1.29 is 14.6 Å². The summed E-state index contributed by atoms with van der Waals surface area (Å²) in [7, 11) is 0. The van der Waals surface area contributed by atoms with Gasteiger partial charge in [0.1, 0.15) is 6.61 Å². The van der Waals surface area contributed by atoms with Gasteiger partial charge in [0.2, 0.25) is 5.60 Å². The van der Waals surface area contributed by atoms with Crippen LogP contribution in [0.1, 0.15) is 36.1 Å². The first kappa shape index (κ1) is 20.1. The summed E-state index contributed by atoms with van der Waals surface area (Å²) >= 11 is 0. The molecule has 2 aromatic rings. The molecule has 4 nitrogen and oxygen atoms in total. The van der Waals surface area contributed by atoms with Crippen LogP contribution in [-0.4, -0.2) is 42.2 Å². The molecule has 0 aliphatic rings. The van der Waals surface area contributed by atoms with E-state index in [4.69, 9.17) is 4.74 Å². The highest BCUT2D eigenvalue weighted by molar-refractivity contribution is 5.85. The zero-order valence-electron chi connectivity index (χ0n) is 16.2. The molecule has 4 heteroatoms. The van der Waals surface area contributed by atoms with Crippen molar-refractivity contribution in [1.82, 2.24) is 4.90 Å². The number of ether oxygens (including phenoxy) is 1. The fraction of sp³-hybridized carbons (Fsp3) is 0.409. The minimum absolute atomic E-state index is 0.250. The maximum absolute atomic E-state index is 12.9. The first-order valence-electron chi connectivity index (χ1n) is 9.18. The number of likely N-dealkylation sites (N-methyl/N-ethyl adjacent to an activating group) is 1. The maximum atomic E-state index is 12.9. The van der Waals surface area contributed by atoms with Gasteiger partial charge in [-0.05, 0) is 49.2 Å². The molecule has 0 aliphatic carbocycles. The van der Waals surface area contributed by atoms with Crippen LogP contribution in [0.2, 0.25) is 0 Å². The normalized spacial score (nSPS) is 13.5. The van der Waals surface area contributed by atoms with Gasteiger partial charge in [-0.25, -0.2) is 4.79 Å². The Kier molecular flexibility index (Phi) is 6.95. The summed E-state index contributed by atoms with van der Waals surface area (Å²) in [6.07, 6.45) is 0. The smallest absolute Gasteiger partial charge is 0.347 e. The Bertz CT molecular complexity index is 725. The van der Waals surface area contributed by atoms with E-state index in [9.17, 15) is 9.90 Å². The summed E-state index contributed by atoms with van der Waals surface area (Å²) < 4.78 is 5.49. The third-order valence-corrected chi connectivity index (χ3v) is 4.95. The van der Waals surface area contributed by atoms with Gasteiger partial charge in [-0.15, -0.1) is 0 Å². The molecule has 0 saturated heterocycles. The molecule has 2 aromatic carbocycles. The van der Waals surface area contributed by atoms with Crippen molar-refractivity contribution in [3.63, 3.8) is 0 Å². The molecule has 0 amide bonds. The molecule has 0 aliphatic heterocycles. The zero-order chi connectivity index (χ0) is 19.2. The number of nitrogens with zero attached hydrogens (tertiary/aromatic N) is 1. The number of carbonyl (C=O) groups excluding carboxylic acids is 1. The highest BCUT2D eigenvalue weighted by Crippen LogP contribution is 2.32. The minimum atomic E-state index is -1.82. The lowest BCUT2D eigenvalue weighted by molar-refractivity contribution is -0.162. The van der Waals surface area contributed by atoms with Crippen molar-refractivity contribution in [2.45, 2.75) is 33.3 Å². The van der Waals surface area contributed by atoms with Gasteiger partial charge in [-0.1, -0.05) is 62.4 Å².